The van der Waals surface area contributed by atoms with Crippen LogP contribution in [0.5, 0.6) is 11.5 Å². The molecule has 1 atom stereocenters. The number of rotatable bonds is 3. The number of benzene rings is 2. The number of aryl methyl sites for hydroxylation is 2. The predicted octanol–water partition coefficient (Wildman–Crippen LogP) is 4.80. The highest BCUT2D eigenvalue weighted by Crippen LogP contribution is 2.31. The van der Waals surface area contributed by atoms with E-state index in [-0.39, 0.29) is 0 Å². The molecule has 0 saturated carbocycles. The summed E-state index contributed by atoms with van der Waals surface area (Å²) in [5, 5.41) is 10.1. The molecule has 1 unspecified atom stereocenters. The highest BCUT2D eigenvalue weighted by molar-refractivity contribution is 6.31. The minimum Gasteiger partial charge on any atom is -0.457 e. The Hall–Kier alpha value is -1.51. The average molecular weight is 277 g/mol. The van der Waals surface area contributed by atoms with Crippen LogP contribution in [0.1, 0.15) is 29.7 Å². The Labute approximate surface area is 118 Å². The van der Waals surface area contributed by atoms with Crippen molar-refractivity contribution < 1.29 is 9.84 Å². The Morgan fingerprint density at radius 3 is 2.47 bits per heavy atom. The van der Waals surface area contributed by atoms with Gasteiger partial charge in [-0.25, -0.2) is 0 Å². The molecule has 0 heterocycles. The number of aliphatic hydroxyl groups excluding tert-OH is 1. The topological polar surface area (TPSA) is 29.5 Å². The summed E-state index contributed by atoms with van der Waals surface area (Å²) in [7, 11) is 0. The predicted molar refractivity (Wildman–Crippen MR) is 78.1 cm³/mol. The monoisotopic (exact) mass is 276 g/mol. The number of halogens is 1. The summed E-state index contributed by atoms with van der Waals surface area (Å²) < 4.78 is 5.84. The molecule has 2 rings (SSSR count). The van der Waals surface area contributed by atoms with Gasteiger partial charge in [-0.3, -0.25) is 0 Å². The molecular formula is C16H17ClO2. The lowest BCUT2D eigenvalue weighted by molar-refractivity contribution is 0.199. The first-order valence-corrected chi connectivity index (χ1v) is 6.58. The van der Waals surface area contributed by atoms with Crippen molar-refractivity contribution in [1.82, 2.24) is 0 Å². The van der Waals surface area contributed by atoms with Gasteiger partial charge in [0, 0.05) is 0 Å². The van der Waals surface area contributed by atoms with Crippen molar-refractivity contribution in [1.29, 1.82) is 0 Å². The Bertz CT molecular complexity index is 591. The molecular weight excluding hydrogens is 260 g/mol. The molecule has 0 bridgehead atoms. The molecule has 100 valence electrons. The molecule has 0 aliphatic heterocycles. The lowest BCUT2D eigenvalue weighted by Crippen LogP contribution is -1.94. The van der Waals surface area contributed by atoms with Crippen molar-refractivity contribution in [2.24, 2.45) is 0 Å². The van der Waals surface area contributed by atoms with Crippen molar-refractivity contribution in [2.75, 3.05) is 0 Å². The quantitative estimate of drug-likeness (QED) is 0.872. The van der Waals surface area contributed by atoms with Gasteiger partial charge in [-0.2, -0.15) is 0 Å². The van der Waals surface area contributed by atoms with Crippen LogP contribution in [0, 0.1) is 13.8 Å². The fourth-order valence-electron chi connectivity index (χ4n) is 1.85. The summed E-state index contributed by atoms with van der Waals surface area (Å²) in [5.41, 5.74) is 2.92. The first-order chi connectivity index (χ1) is 8.97. The molecule has 0 fully saturated rings. The van der Waals surface area contributed by atoms with E-state index >= 15 is 0 Å². The van der Waals surface area contributed by atoms with Crippen molar-refractivity contribution in [2.45, 2.75) is 26.9 Å². The van der Waals surface area contributed by atoms with Gasteiger partial charge in [-0.05, 0) is 55.7 Å². The van der Waals surface area contributed by atoms with E-state index in [2.05, 4.69) is 0 Å². The number of aliphatic hydroxyl groups is 1. The summed E-state index contributed by atoms with van der Waals surface area (Å²) in [4.78, 5) is 0. The molecule has 19 heavy (non-hydrogen) atoms. The van der Waals surface area contributed by atoms with Crippen LogP contribution in [0.4, 0.5) is 0 Å². The van der Waals surface area contributed by atoms with E-state index in [1.165, 1.54) is 0 Å². The van der Waals surface area contributed by atoms with Crippen molar-refractivity contribution >= 4 is 11.6 Å². The molecule has 0 aliphatic carbocycles. The highest BCUT2D eigenvalue weighted by Gasteiger charge is 2.09. The van der Waals surface area contributed by atoms with Gasteiger partial charge in [0.1, 0.15) is 11.5 Å². The van der Waals surface area contributed by atoms with E-state index in [4.69, 9.17) is 16.3 Å². The summed E-state index contributed by atoms with van der Waals surface area (Å²) in [6.07, 6.45) is -0.581. The number of hydrogen-bond donors (Lipinski definition) is 1. The minimum absolute atomic E-state index is 0.512. The zero-order valence-electron chi connectivity index (χ0n) is 11.3. The number of hydrogen-bond acceptors (Lipinski definition) is 2. The molecule has 0 radical (unpaired) electrons. The maximum atomic E-state index is 9.54. The van der Waals surface area contributed by atoms with E-state index < -0.39 is 6.10 Å². The van der Waals surface area contributed by atoms with E-state index in [9.17, 15) is 5.11 Å². The van der Waals surface area contributed by atoms with Crippen molar-refractivity contribution in [3.8, 4) is 11.5 Å². The van der Waals surface area contributed by atoms with Gasteiger partial charge < -0.3 is 9.84 Å². The fraction of sp³-hybridized carbons (Fsp3) is 0.250. The van der Waals surface area contributed by atoms with E-state index in [1.54, 1.807) is 19.1 Å². The molecule has 0 aliphatic rings. The normalized spacial score (nSPS) is 12.3. The highest BCUT2D eigenvalue weighted by atomic mass is 35.5. The summed E-state index contributed by atoms with van der Waals surface area (Å²) in [5.74, 6) is 1.49. The molecule has 0 aromatic heterocycles. The molecule has 2 nitrogen and oxygen atoms in total. The SMILES string of the molecule is Cc1ccc(C)c(Oc2ccc(C(C)O)c(Cl)c2)c1. The lowest BCUT2D eigenvalue weighted by Gasteiger charge is -2.12. The van der Waals surface area contributed by atoms with Gasteiger partial charge in [0.15, 0.2) is 0 Å². The standard InChI is InChI=1S/C16H17ClO2/c1-10-4-5-11(2)16(8-10)19-13-6-7-14(12(3)18)15(17)9-13/h4-9,12,18H,1-3H3. The first kappa shape index (κ1) is 13.9. The minimum atomic E-state index is -0.581. The lowest BCUT2D eigenvalue weighted by atomic mass is 10.1. The maximum absolute atomic E-state index is 9.54. The Morgan fingerprint density at radius 2 is 1.84 bits per heavy atom. The molecule has 0 saturated heterocycles. The smallest absolute Gasteiger partial charge is 0.130 e. The van der Waals surface area contributed by atoms with E-state index in [0.29, 0.717) is 16.3 Å². The number of ether oxygens (including phenoxy) is 1. The van der Waals surface area contributed by atoms with Crippen LogP contribution in [0.3, 0.4) is 0 Å². The second kappa shape index (κ2) is 5.64. The molecule has 0 spiro atoms. The average Bonchev–Trinajstić information content (AvgIpc) is 2.33. The van der Waals surface area contributed by atoms with Gasteiger partial charge >= 0.3 is 0 Å². The van der Waals surface area contributed by atoms with Crippen LogP contribution in [-0.4, -0.2) is 5.11 Å². The Morgan fingerprint density at radius 1 is 1.11 bits per heavy atom. The third-order valence-corrected chi connectivity index (χ3v) is 3.32. The summed E-state index contributed by atoms with van der Waals surface area (Å²) in [6.45, 7) is 5.71. The van der Waals surface area contributed by atoms with Crippen LogP contribution < -0.4 is 4.74 Å². The van der Waals surface area contributed by atoms with Crippen LogP contribution >= 0.6 is 11.6 Å². The van der Waals surface area contributed by atoms with Gasteiger partial charge in [0.25, 0.3) is 0 Å². The van der Waals surface area contributed by atoms with Crippen LogP contribution in [0.15, 0.2) is 36.4 Å². The van der Waals surface area contributed by atoms with Crippen molar-refractivity contribution in [3.63, 3.8) is 0 Å². The zero-order valence-corrected chi connectivity index (χ0v) is 12.0. The van der Waals surface area contributed by atoms with Crippen LogP contribution in [0.25, 0.3) is 0 Å². The first-order valence-electron chi connectivity index (χ1n) is 6.20. The maximum Gasteiger partial charge on any atom is 0.130 e. The summed E-state index contributed by atoms with van der Waals surface area (Å²) >= 11 is 6.12. The second-order valence-electron chi connectivity index (χ2n) is 4.73. The van der Waals surface area contributed by atoms with E-state index in [0.717, 1.165) is 16.9 Å². The van der Waals surface area contributed by atoms with E-state index in [1.807, 2.05) is 38.1 Å². The molecule has 1 N–H and O–H groups in total. The van der Waals surface area contributed by atoms with Gasteiger partial charge in [-0.15, -0.1) is 0 Å². The Balaban J connectivity index is 2.29. The largest absolute Gasteiger partial charge is 0.457 e. The molecule has 0 amide bonds. The third kappa shape index (κ3) is 3.28. The van der Waals surface area contributed by atoms with Gasteiger partial charge in [0.2, 0.25) is 0 Å². The summed E-state index contributed by atoms with van der Waals surface area (Å²) in [6, 6.07) is 11.4. The van der Waals surface area contributed by atoms with Gasteiger partial charge in [0.05, 0.1) is 11.1 Å². The third-order valence-electron chi connectivity index (χ3n) is 2.99. The fourth-order valence-corrected chi connectivity index (χ4v) is 2.18. The van der Waals surface area contributed by atoms with Crippen molar-refractivity contribution in [3.05, 3.63) is 58.1 Å². The Kier molecular flexibility index (Phi) is 4.13. The molecule has 3 heteroatoms. The van der Waals surface area contributed by atoms with Crippen LogP contribution in [0.2, 0.25) is 5.02 Å². The van der Waals surface area contributed by atoms with Gasteiger partial charge in [-0.1, -0.05) is 29.8 Å². The molecule has 2 aromatic rings. The molecule has 2 aromatic carbocycles. The van der Waals surface area contributed by atoms with Crippen LogP contribution in [-0.2, 0) is 0 Å². The zero-order chi connectivity index (χ0) is 14.0. The second-order valence-corrected chi connectivity index (χ2v) is 5.14.